The molecule has 230 valence electrons. The largest absolute Gasteiger partial charge is 0.226 e. The van der Waals surface area contributed by atoms with Gasteiger partial charge in [-0.3, -0.25) is 0 Å². The van der Waals surface area contributed by atoms with Crippen molar-refractivity contribution >= 4 is 31.6 Å². The van der Waals surface area contributed by atoms with Crippen LogP contribution in [-0.4, -0.2) is 24.9 Å². The Hall–Kier alpha value is -6.37. The van der Waals surface area contributed by atoms with Gasteiger partial charge >= 0.3 is 0 Å². The minimum atomic E-state index is 0.589. The normalized spacial score (nSPS) is 11.3. The number of hydrogen-bond donors (Lipinski definition) is 0. The number of thiophene rings is 1. The molecule has 0 aliphatic heterocycles. The lowest BCUT2D eigenvalue weighted by molar-refractivity contribution is 1.07. The lowest BCUT2D eigenvalue weighted by atomic mass is 9.97. The van der Waals surface area contributed by atoms with Crippen molar-refractivity contribution in [2.75, 3.05) is 0 Å². The molecule has 0 aliphatic carbocycles. The zero-order chi connectivity index (χ0) is 32.6. The Bertz CT molecular complexity index is 2540. The minimum Gasteiger partial charge on any atom is -0.226 e. The Kier molecular flexibility index (Phi) is 7.26. The Morgan fingerprint density at radius 3 is 1.45 bits per heavy atom. The SMILES string of the molecule is c1ccc(-c2nc(-c3ccccc3)nc(-c3cccc(-c4nc(-c5ccccc5-c5ccccc5)c5sc6ccccc6c5n4)c3)n2)cc1. The van der Waals surface area contributed by atoms with Crippen LogP contribution in [0.4, 0.5) is 0 Å². The van der Waals surface area contributed by atoms with Crippen LogP contribution >= 0.6 is 11.3 Å². The van der Waals surface area contributed by atoms with Crippen LogP contribution in [0.5, 0.6) is 0 Å². The molecule has 49 heavy (non-hydrogen) atoms. The minimum absolute atomic E-state index is 0.589. The summed E-state index contributed by atoms with van der Waals surface area (Å²) in [5.41, 5.74) is 8.83. The molecule has 0 amide bonds. The summed E-state index contributed by atoms with van der Waals surface area (Å²) in [5, 5.41) is 1.12. The highest BCUT2D eigenvalue weighted by Gasteiger charge is 2.20. The van der Waals surface area contributed by atoms with Crippen LogP contribution in [0.15, 0.2) is 164 Å². The molecule has 6 aromatic carbocycles. The van der Waals surface area contributed by atoms with Crippen molar-refractivity contribution in [1.82, 2.24) is 24.9 Å². The first-order valence-electron chi connectivity index (χ1n) is 16.1. The first-order chi connectivity index (χ1) is 24.3. The molecule has 0 saturated heterocycles. The number of benzene rings is 6. The number of aromatic nitrogens is 5. The quantitative estimate of drug-likeness (QED) is 0.180. The van der Waals surface area contributed by atoms with Crippen LogP contribution in [-0.2, 0) is 0 Å². The Labute approximate surface area is 287 Å². The van der Waals surface area contributed by atoms with E-state index in [-0.39, 0.29) is 0 Å². The molecule has 3 heterocycles. The van der Waals surface area contributed by atoms with E-state index in [4.69, 9.17) is 24.9 Å². The number of rotatable bonds is 6. The predicted molar refractivity (Wildman–Crippen MR) is 201 cm³/mol. The summed E-state index contributed by atoms with van der Waals surface area (Å²) in [7, 11) is 0. The van der Waals surface area contributed by atoms with Crippen LogP contribution in [0, 0.1) is 0 Å². The third-order valence-electron chi connectivity index (χ3n) is 8.57. The van der Waals surface area contributed by atoms with Crippen molar-refractivity contribution in [1.29, 1.82) is 0 Å². The van der Waals surface area contributed by atoms with Gasteiger partial charge in [0.25, 0.3) is 0 Å². The maximum Gasteiger partial charge on any atom is 0.164 e. The van der Waals surface area contributed by atoms with E-state index in [2.05, 4.69) is 84.9 Å². The van der Waals surface area contributed by atoms with E-state index in [0.717, 1.165) is 60.2 Å². The van der Waals surface area contributed by atoms with E-state index < -0.39 is 0 Å². The van der Waals surface area contributed by atoms with E-state index in [0.29, 0.717) is 23.3 Å². The van der Waals surface area contributed by atoms with Crippen molar-refractivity contribution in [3.8, 4) is 67.9 Å². The molecule has 0 spiro atoms. The Morgan fingerprint density at radius 2 is 0.816 bits per heavy atom. The molecule has 0 N–H and O–H groups in total. The van der Waals surface area contributed by atoms with Crippen molar-refractivity contribution in [2.45, 2.75) is 0 Å². The second kappa shape index (κ2) is 12.3. The molecule has 0 unspecified atom stereocenters. The molecule has 9 rings (SSSR count). The van der Waals surface area contributed by atoms with Crippen LogP contribution in [0.2, 0.25) is 0 Å². The fraction of sp³-hybridized carbons (Fsp3) is 0. The highest BCUT2D eigenvalue weighted by atomic mass is 32.1. The van der Waals surface area contributed by atoms with Crippen molar-refractivity contribution in [3.63, 3.8) is 0 Å². The molecule has 0 fully saturated rings. The van der Waals surface area contributed by atoms with E-state index in [9.17, 15) is 0 Å². The van der Waals surface area contributed by atoms with Gasteiger partial charge in [-0.2, -0.15) is 0 Å². The summed E-state index contributed by atoms with van der Waals surface area (Å²) < 4.78 is 2.25. The number of fused-ring (bicyclic) bond motifs is 3. The first kappa shape index (κ1) is 28.8. The average molecular weight is 646 g/mol. The average Bonchev–Trinajstić information content (AvgIpc) is 3.57. The third-order valence-corrected chi connectivity index (χ3v) is 9.73. The van der Waals surface area contributed by atoms with Crippen molar-refractivity contribution in [2.24, 2.45) is 0 Å². The Balaban J connectivity index is 1.24. The van der Waals surface area contributed by atoms with Gasteiger partial charge in [0, 0.05) is 37.9 Å². The molecule has 0 radical (unpaired) electrons. The molecular weight excluding hydrogens is 619 g/mol. The van der Waals surface area contributed by atoms with Gasteiger partial charge in [-0.1, -0.05) is 152 Å². The summed E-state index contributed by atoms with van der Waals surface area (Å²) in [4.78, 5) is 25.4. The fourth-order valence-electron chi connectivity index (χ4n) is 6.20. The lowest BCUT2D eigenvalue weighted by Crippen LogP contribution is -2.00. The van der Waals surface area contributed by atoms with Gasteiger partial charge in [-0.15, -0.1) is 11.3 Å². The van der Waals surface area contributed by atoms with Crippen LogP contribution < -0.4 is 0 Å². The highest BCUT2D eigenvalue weighted by molar-refractivity contribution is 7.26. The summed E-state index contributed by atoms with van der Waals surface area (Å²) in [6.07, 6.45) is 0. The Morgan fingerprint density at radius 1 is 0.347 bits per heavy atom. The van der Waals surface area contributed by atoms with E-state index in [1.54, 1.807) is 11.3 Å². The lowest BCUT2D eigenvalue weighted by Gasteiger charge is -2.12. The predicted octanol–water partition coefficient (Wildman–Crippen LogP) is 11.0. The topological polar surface area (TPSA) is 64.5 Å². The number of hydrogen-bond acceptors (Lipinski definition) is 6. The summed E-state index contributed by atoms with van der Waals surface area (Å²) in [6, 6.07) is 55.7. The first-order valence-corrected chi connectivity index (χ1v) is 16.9. The zero-order valence-electron chi connectivity index (χ0n) is 26.2. The van der Waals surface area contributed by atoms with Gasteiger partial charge < -0.3 is 0 Å². The second-order valence-electron chi connectivity index (χ2n) is 11.7. The summed E-state index contributed by atoms with van der Waals surface area (Å²) in [6.45, 7) is 0. The molecule has 0 bridgehead atoms. The smallest absolute Gasteiger partial charge is 0.164 e. The maximum absolute atomic E-state index is 5.33. The molecule has 0 aliphatic rings. The standard InChI is InChI=1S/C43H27N5S/c1-4-15-28(16-5-1)33-23-10-11-24-34(33)37-39-38(35-25-12-13-26-36(35)49-39)45-42(44-37)31-21-14-22-32(27-31)43-47-40(29-17-6-2-7-18-29)46-41(48-43)30-19-8-3-9-20-30/h1-27H. The van der Waals surface area contributed by atoms with Crippen LogP contribution in [0.3, 0.4) is 0 Å². The molecule has 0 saturated carbocycles. The molecule has 3 aromatic heterocycles. The van der Waals surface area contributed by atoms with Crippen molar-refractivity contribution in [3.05, 3.63) is 164 Å². The van der Waals surface area contributed by atoms with Gasteiger partial charge in [0.1, 0.15) is 0 Å². The molecule has 5 nitrogen and oxygen atoms in total. The maximum atomic E-state index is 5.33. The second-order valence-corrected chi connectivity index (χ2v) is 12.8. The summed E-state index contributed by atoms with van der Waals surface area (Å²) >= 11 is 1.74. The summed E-state index contributed by atoms with van der Waals surface area (Å²) in [5.74, 6) is 2.48. The van der Waals surface area contributed by atoms with E-state index >= 15 is 0 Å². The van der Waals surface area contributed by atoms with Gasteiger partial charge in [-0.25, -0.2) is 24.9 Å². The van der Waals surface area contributed by atoms with Crippen LogP contribution in [0.25, 0.3) is 88.2 Å². The third kappa shape index (κ3) is 5.44. The van der Waals surface area contributed by atoms with Gasteiger partial charge in [-0.05, 0) is 23.3 Å². The van der Waals surface area contributed by atoms with Gasteiger partial charge in [0.2, 0.25) is 0 Å². The van der Waals surface area contributed by atoms with E-state index in [1.165, 1.54) is 4.70 Å². The number of nitrogens with zero attached hydrogens (tertiary/aromatic N) is 5. The molecule has 9 aromatic rings. The van der Waals surface area contributed by atoms with Crippen LogP contribution in [0.1, 0.15) is 0 Å². The molecule has 6 heteroatoms. The fourth-order valence-corrected chi connectivity index (χ4v) is 7.34. The highest BCUT2D eigenvalue weighted by Crippen LogP contribution is 2.42. The molecule has 0 atom stereocenters. The molecular formula is C43H27N5S. The van der Waals surface area contributed by atoms with Gasteiger partial charge in [0.05, 0.1) is 15.9 Å². The zero-order valence-corrected chi connectivity index (χ0v) is 27.0. The van der Waals surface area contributed by atoms with Gasteiger partial charge in [0.15, 0.2) is 23.3 Å². The van der Waals surface area contributed by atoms with Crippen molar-refractivity contribution < 1.29 is 0 Å². The van der Waals surface area contributed by atoms with E-state index in [1.807, 2.05) is 78.9 Å². The monoisotopic (exact) mass is 645 g/mol.